The molecule has 94 valence electrons. The van der Waals surface area contributed by atoms with Gasteiger partial charge in [0, 0.05) is 12.2 Å². The van der Waals surface area contributed by atoms with Crippen LogP contribution in [0.15, 0.2) is 18.2 Å². The van der Waals surface area contributed by atoms with Crippen LogP contribution in [0.25, 0.3) is 0 Å². The maximum Gasteiger partial charge on any atom is 0.238 e. The van der Waals surface area contributed by atoms with Crippen molar-refractivity contribution in [3.63, 3.8) is 0 Å². The number of nitrogens with one attached hydrogen (secondary N) is 1. The van der Waals surface area contributed by atoms with Crippen LogP contribution in [0.2, 0.25) is 0 Å². The van der Waals surface area contributed by atoms with Crippen molar-refractivity contribution in [2.75, 3.05) is 32.1 Å². The normalized spacial score (nSPS) is 10.6. The minimum Gasteiger partial charge on any atom is -0.395 e. The molecule has 0 bridgehead atoms. The third kappa shape index (κ3) is 4.17. The van der Waals surface area contributed by atoms with Crippen molar-refractivity contribution in [3.8, 4) is 0 Å². The molecule has 0 saturated carbocycles. The molecule has 0 radical (unpaired) electrons. The molecular formula is C13H20N2O2. The van der Waals surface area contributed by atoms with Gasteiger partial charge in [0.2, 0.25) is 5.91 Å². The summed E-state index contributed by atoms with van der Waals surface area (Å²) in [5, 5.41) is 11.6. The lowest BCUT2D eigenvalue weighted by atomic mass is 10.1. The lowest BCUT2D eigenvalue weighted by Gasteiger charge is -2.15. The summed E-state index contributed by atoms with van der Waals surface area (Å²) in [6.45, 7) is 4.85. The zero-order valence-electron chi connectivity index (χ0n) is 10.7. The van der Waals surface area contributed by atoms with Crippen molar-refractivity contribution in [3.05, 3.63) is 29.3 Å². The van der Waals surface area contributed by atoms with Crippen LogP contribution in [0.5, 0.6) is 0 Å². The van der Waals surface area contributed by atoms with E-state index >= 15 is 0 Å². The second kappa shape index (κ2) is 6.37. The van der Waals surface area contributed by atoms with E-state index in [0.29, 0.717) is 6.54 Å². The van der Waals surface area contributed by atoms with Crippen LogP contribution in [-0.4, -0.2) is 42.7 Å². The van der Waals surface area contributed by atoms with E-state index in [1.807, 2.05) is 32.0 Å². The Morgan fingerprint density at radius 3 is 2.76 bits per heavy atom. The number of hydrogen-bond donors (Lipinski definition) is 2. The molecule has 1 amide bonds. The third-order valence-electron chi connectivity index (χ3n) is 2.77. The van der Waals surface area contributed by atoms with Gasteiger partial charge in [-0.2, -0.15) is 0 Å². The molecule has 0 aliphatic carbocycles. The van der Waals surface area contributed by atoms with Gasteiger partial charge in [-0.3, -0.25) is 9.69 Å². The number of likely N-dealkylation sites (N-methyl/N-ethyl adjacent to an activating group) is 1. The van der Waals surface area contributed by atoms with Crippen LogP contribution < -0.4 is 5.32 Å². The number of benzene rings is 1. The number of amides is 1. The van der Waals surface area contributed by atoms with Gasteiger partial charge in [0.05, 0.1) is 13.2 Å². The van der Waals surface area contributed by atoms with Gasteiger partial charge < -0.3 is 10.4 Å². The number of aryl methyl sites for hydroxylation is 1. The number of aliphatic hydroxyl groups excluding tert-OH is 1. The molecule has 0 unspecified atom stereocenters. The fourth-order valence-corrected chi connectivity index (χ4v) is 1.57. The van der Waals surface area contributed by atoms with Crippen LogP contribution in [0, 0.1) is 13.8 Å². The lowest BCUT2D eigenvalue weighted by Crippen LogP contribution is -2.32. The van der Waals surface area contributed by atoms with Crippen molar-refractivity contribution in [2.24, 2.45) is 0 Å². The molecule has 1 aromatic carbocycles. The quantitative estimate of drug-likeness (QED) is 0.807. The number of carbonyl (C=O) groups excluding carboxylic acids is 1. The Bertz CT molecular complexity index is 391. The van der Waals surface area contributed by atoms with Crippen molar-refractivity contribution < 1.29 is 9.90 Å². The van der Waals surface area contributed by atoms with Gasteiger partial charge in [-0.15, -0.1) is 0 Å². The number of hydrogen-bond acceptors (Lipinski definition) is 3. The predicted octanol–water partition coefficient (Wildman–Crippen LogP) is 1.17. The highest BCUT2D eigenvalue weighted by Gasteiger charge is 2.08. The number of rotatable bonds is 5. The average molecular weight is 236 g/mol. The van der Waals surface area contributed by atoms with Gasteiger partial charge >= 0.3 is 0 Å². The molecule has 0 fully saturated rings. The summed E-state index contributed by atoms with van der Waals surface area (Å²) in [6.07, 6.45) is 0. The van der Waals surface area contributed by atoms with Crippen molar-refractivity contribution in [1.29, 1.82) is 0 Å². The predicted molar refractivity (Wildman–Crippen MR) is 69.1 cm³/mol. The molecule has 1 rings (SSSR count). The Morgan fingerprint density at radius 2 is 2.12 bits per heavy atom. The molecule has 0 aliphatic heterocycles. The summed E-state index contributed by atoms with van der Waals surface area (Å²) < 4.78 is 0. The maximum atomic E-state index is 11.7. The van der Waals surface area contributed by atoms with E-state index in [-0.39, 0.29) is 19.1 Å². The molecule has 0 saturated heterocycles. The molecule has 0 aliphatic rings. The first-order chi connectivity index (χ1) is 8.04. The van der Waals surface area contributed by atoms with Gasteiger partial charge in [-0.05, 0) is 38.1 Å². The van der Waals surface area contributed by atoms with E-state index in [0.717, 1.165) is 16.8 Å². The summed E-state index contributed by atoms with van der Waals surface area (Å²) in [7, 11) is 1.80. The Kier molecular flexibility index (Phi) is 5.12. The molecule has 0 aromatic heterocycles. The number of anilines is 1. The third-order valence-corrected chi connectivity index (χ3v) is 2.77. The van der Waals surface area contributed by atoms with Gasteiger partial charge in [0.15, 0.2) is 0 Å². The number of nitrogens with zero attached hydrogens (tertiary/aromatic N) is 1. The van der Waals surface area contributed by atoms with Crippen LogP contribution in [0.3, 0.4) is 0 Å². The smallest absolute Gasteiger partial charge is 0.238 e. The Labute approximate surface area is 102 Å². The van der Waals surface area contributed by atoms with E-state index in [1.165, 1.54) is 0 Å². The number of carbonyl (C=O) groups is 1. The Morgan fingerprint density at radius 1 is 1.41 bits per heavy atom. The maximum absolute atomic E-state index is 11.7. The lowest BCUT2D eigenvalue weighted by molar-refractivity contribution is -0.117. The average Bonchev–Trinajstić information content (AvgIpc) is 2.25. The second-order valence-electron chi connectivity index (χ2n) is 4.26. The first kappa shape index (κ1) is 13.7. The van der Waals surface area contributed by atoms with E-state index in [2.05, 4.69) is 5.32 Å². The van der Waals surface area contributed by atoms with Crippen LogP contribution in [0.1, 0.15) is 11.1 Å². The zero-order valence-corrected chi connectivity index (χ0v) is 10.7. The minimum absolute atomic E-state index is 0.0605. The molecule has 1 aromatic rings. The van der Waals surface area contributed by atoms with E-state index in [4.69, 9.17) is 5.11 Å². The highest BCUT2D eigenvalue weighted by Crippen LogP contribution is 2.17. The van der Waals surface area contributed by atoms with Crippen molar-refractivity contribution in [1.82, 2.24) is 4.90 Å². The molecular weight excluding hydrogens is 216 g/mol. The monoisotopic (exact) mass is 236 g/mol. The standard InChI is InChI=1S/C13H20N2O2/c1-10-5-4-6-12(11(10)2)14-13(17)9-15(3)7-8-16/h4-6,16H,7-9H2,1-3H3,(H,14,17). The van der Waals surface area contributed by atoms with Gasteiger partial charge in [0.1, 0.15) is 0 Å². The fraction of sp³-hybridized carbons (Fsp3) is 0.462. The Balaban J connectivity index is 2.59. The van der Waals surface area contributed by atoms with Crippen molar-refractivity contribution >= 4 is 11.6 Å². The summed E-state index contributed by atoms with van der Waals surface area (Å²) in [6, 6.07) is 5.84. The fourth-order valence-electron chi connectivity index (χ4n) is 1.57. The largest absolute Gasteiger partial charge is 0.395 e. The first-order valence-corrected chi connectivity index (χ1v) is 5.70. The zero-order chi connectivity index (χ0) is 12.8. The minimum atomic E-state index is -0.0605. The van der Waals surface area contributed by atoms with E-state index in [9.17, 15) is 4.79 Å². The van der Waals surface area contributed by atoms with E-state index in [1.54, 1.807) is 11.9 Å². The summed E-state index contributed by atoms with van der Waals surface area (Å²) >= 11 is 0. The Hall–Kier alpha value is -1.39. The molecule has 0 atom stereocenters. The SMILES string of the molecule is Cc1cccc(NC(=O)CN(C)CCO)c1C. The summed E-state index contributed by atoms with van der Waals surface area (Å²) in [5.74, 6) is -0.0605. The summed E-state index contributed by atoms with van der Waals surface area (Å²) in [5.41, 5.74) is 3.10. The first-order valence-electron chi connectivity index (χ1n) is 5.70. The topological polar surface area (TPSA) is 52.6 Å². The number of aliphatic hydroxyl groups is 1. The summed E-state index contributed by atoms with van der Waals surface area (Å²) in [4.78, 5) is 13.5. The van der Waals surface area contributed by atoms with Crippen LogP contribution in [0.4, 0.5) is 5.69 Å². The second-order valence-corrected chi connectivity index (χ2v) is 4.26. The van der Waals surface area contributed by atoms with Gasteiger partial charge in [0.25, 0.3) is 0 Å². The molecule has 4 heteroatoms. The molecule has 2 N–H and O–H groups in total. The van der Waals surface area contributed by atoms with E-state index < -0.39 is 0 Å². The highest BCUT2D eigenvalue weighted by molar-refractivity contribution is 5.93. The molecule has 4 nitrogen and oxygen atoms in total. The molecule has 0 heterocycles. The van der Waals surface area contributed by atoms with Gasteiger partial charge in [-0.25, -0.2) is 0 Å². The molecule has 17 heavy (non-hydrogen) atoms. The van der Waals surface area contributed by atoms with Crippen LogP contribution >= 0.6 is 0 Å². The van der Waals surface area contributed by atoms with Crippen LogP contribution in [-0.2, 0) is 4.79 Å². The van der Waals surface area contributed by atoms with Crippen molar-refractivity contribution in [2.45, 2.75) is 13.8 Å². The van der Waals surface area contributed by atoms with Gasteiger partial charge in [-0.1, -0.05) is 12.1 Å². The molecule has 0 spiro atoms. The highest BCUT2D eigenvalue weighted by atomic mass is 16.3.